The number of hydrogen-bond acceptors (Lipinski definition) is 3. The van der Waals surface area contributed by atoms with Crippen molar-refractivity contribution in [2.45, 2.75) is 38.5 Å². The van der Waals surface area contributed by atoms with Crippen LogP contribution < -0.4 is 0 Å². The zero-order valence-corrected chi connectivity index (χ0v) is 11.9. The molecule has 0 aromatic carbocycles. The summed E-state index contributed by atoms with van der Waals surface area (Å²) in [5.41, 5.74) is 0. The minimum atomic E-state index is -3.27. The highest BCUT2D eigenvalue weighted by Gasteiger charge is 2.34. The number of piperidine rings is 1. The second-order valence-corrected chi connectivity index (χ2v) is 7.32. The second-order valence-electron chi connectivity index (χ2n) is 5.39. The van der Waals surface area contributed by atoms with Gasteiger partial charge in [0.2, 0.25) is 0 Å². The van der Waals surface area contributed by atoms with Crippen LogP contribution in [0.1, 0.15) is 38.5 Å². The SMILES string of the molecule is O=C(O)CCC1CCN(S(=O)(=O)N2CCCC2)CC1. The fraction of sp³-hybridized carbons (Fsp3) is 0.917. The van der Waals surface area contributed by atoms with Crippen molar-refractivity contribution in [2.75, 3.05) is 26.2 Å². The van der Waals surface area contributed by atoms with Crippen molar-refractivity contribution in [3.05, 3.63) is 0 Å². The highest BCUT2D eigenvalue weighted by Crippen LogP contribution is 2.26. The molecule has 2 rings (SSSR count). The van der Waals surface area contributed by atoms with Gasteiger partial charge in [-0.25, -0.2) is 0 Å². The Morgan fingerprint density at radius 2 is 1.58 bits per heavy atom. The first-order chi connectivity index (χ1) is 9.00. The van der Waals surface area contributed by atoms with Crippen molar-refractivity contribution in [1.82, 2.24) is 8.61 Å². The third-order valence-corrected chi connectivity index (χ3v) is 6.09. The lowest BCUT2D eigenvalue weighted by atomic mass is 9.93. The van der Waals surface area contributed by atoms with E-state index in [0.29, 0.717) is 38.5 Å². The molecule has 0 aromatic rings. The van der Waals surface area contributed by atoms with E-state index in [0.717, 1.165) is 25.7 Å². The molecule has 2 fully saturated rings. The molecule has 2 heterocycles. The molecular formula is C12H22N2O4S. The molecule has 0 aliphatic carbocycles. The van der Waals surface area contributed by atoms with Crippen LogP contribution in [0.4, 0.5) is 0 Å². The number of carboxylic acid groups (broad SMARTS) is 1. The lowest BCUT2D eigenvalue weighted by Crippen LogP contribution is -2.46. The average molecular weight is 290 g/mol. The number of hydrogen-bond donors (Lipinski definition) is 1. The average Bonchev–Trinajstić information content (AvgIpc) is 2.91. The predicted molar refractivity (Wildman–Crippen MR) is 70.9 cm³/mol. The number of carboxylic acids is 1. The highest BCUT2D eigenvalue weighted by atomic mass is 32.2. The van der Waals surface area contributed by atoms with E-state index in [4.69, 9.17) is 5.11 Å². The van der Waals surface area contributed by atoms with E-state index >= 15 is 0 Å². The second kappa shape index (κ2) is 6.19. The summed E-state index contributed by atoms with van der Waals surface area (Å²) in [6, 6.07) is 0. The molecule has 6 nitrogen and oxygen atoms in total. The molecule has 2 aliphatic heterocycles. The van der Waals surface area contributed by atoms with Crippen LogP contribution >= 0.6 is 0 Å². The molecule has 0 radical (unpaired) electrons. The molecule has 0 atom stereocenters. The Morgan fingerprint density at radius 1 is 1.05 bits per heavy atom. The van der Waals surface area contributed by atoms with E-state index in [1.54, 1.807) is 8.61 Å². The van der Waals surface area contributed by atoms with E-state index in [-0.39, 0.29) is 6.42 Å². The van der Waals surface area contributed by atoms with Crippen LogP contribution in [0.15, 0.2) is 0 Å². The number of rotatable bonds is 5. The standard InChI is InChI=1S/C12H22N2O4S/c15-12(16)4-3-11-5-9-14(10-6-11)19(17,18)13-7-1-2-8-13/h11H,1-10H2,(H,15,16). The molecule has 0 amide bonds. The van der Waals surface area contributed by atoms with Crippen molar-refractivity contribution < 1.29 is 18.3 Å². The maximum Gasteiger partial charge on any atom is 0.303 e. The van der Waals surface area contributed by atoms with Gasteiger partial charge in [-0.3, -0.25) is 4.79 Å². The van der Waals surface area contributed by atoms with Crippen LogP contribution in [0.2, 0.25) is 0 Å². The van der Waals surface area contributed by atoms with Gasteiger partial charge in [0.05, 0.1) is 0 Å². The lowest BCUT2D eigenvalue weighted by molar-refractivity contribution is -0.137. The molecule has 2 aliphatic rings. The minimum Gasteiger partial charge on any atom is -0.481 e. The van der Waals surface area contributed by atoms with Gasteiger partial charge >= 0.3 is 5.97 Å². The van der Waals surface area contributed by atoms with Crippen LogP contribution in [-0.2, 0) is 15.0 Å². The van der Waals surface area contributed by atoms with Crippen LogP contribution in [0.25, 0.3) is 0 Å². The van der Waals surface area contributed by atoms with Crippen LogP contribution in [-0.4, -0.2) is 54.3 Å². The van der Waals surface area contributed by atoms with Crippen LogP contribution in [0.5, 0.6) is 0 Å². The Labute approximate surface area is 114 Å². The van der Waals surface area contributed by atoms with Gasteiger partial charge in [-0.05, 0) is 38.0 Å². The Balaban J connectivity index is 1.83. The number of aliphatic carboxylic acids is 1. The largest absolute Gasteiger partial charge is 0.481 e. The van der Waals surface area contributed by atoms with Crippen molar-refractivity contribution in [3.63, 3.8) is 0 Å². The van der Waals surface area contributed by atoms with Gasteiger partial charge in [0.15, 0.2) is 0 Å². The quantitative estimate of drug-likeness (QED) is 0.816. The molecule has 0 aromatic heterocycles. The molecule has 7 heteroatoms. The first-order valence-electron chi connectivity index (χ1n) is 6.97. The molecule has 19 heavy (non-hydrogen) atoms. The number of nitrogens with zero attached hydrogens (tertiary/aromatic N) is 2. The van der Waals surface area contributed by atoms with E-state index in [2.05, 4.69) is 0 Å². The monoisotopic (exact) mass is 290 g/mol. The van der Waals surface area contributed by atoms with Gasteiger partial charge in [0.1, 0.15) is 0 Å². The summed E-state index contributed by atoms with van der Waals surface area (Å²) >= 11 is 0. The fourth-order valence-corrected chi connectivity index (χ4v) is 4.56. The van der Waals surface area contributed by atoms with Crippen molar-refractivity contribution in [1.29, 1.82) is 0 Å². The third kappa shape index (κ3) is 3.67. The van der Waals surface area contributed by atoms with Gasteiger partial charge in [0, 0.05) is 32.6 Å². The fourth-order valence-electron chi connectivity index (χ4n) is 2.84. The van der Waals surface area contributed by atoms with E-state index in [9.17, 15) is 13.2 Å². The first kappa shape index (κ1) is 14.7. The lowest BCUT2D eigenvalue weighted by Gasteiger charge is -2.33. The molecule has 110 valence electrons. The Hall–Kier alpha value is -0.660. The summed E-state index contributed by atoms with van der Waals surface area (Å²) in [4.78, 5) is 10.5. The summed E-state index contributed by atoms with van der Waals surface area (Å²) in [5.74, 6) is -0.423. The molecule has 1 N–H and O–H groups in total. The van der Waals surface area contributed by atoms with E-state index in [1.807, 2.05) is 0 Å². The van der Waals surface area contributed by atoms with E-state index < -0.39 is 16.2 Å². The maximum absolute atomic E-state index is 12.3. The molecule has 0 bridgehead atoms. The summed E-state index contributed by atoms with van der Waals surface area (Å²) < 4.78 is 27.8. The maximum atomic E-state index is 12.3. The Morgan fingerprint density at radius 3 is 2.11 bits per heavy atom. The minimum absolute atomic E-state index is 0.184. The normalized spacial score (nSPS) is 23.8. The Kier molecular flexibility index (Phi) is 4.81. The van der Waals surface area contributed by atoms with Gasteiger partial charge < -0.3 is 5.11 Å². The summed E-state index contributed by atoms with van der Waals surface area (Å²) in [5, 5.41) is 8.66. The molecule has 2 saturated heterocycles. The zero-order valence-electron chi connectivity index (χ0n) is 11.1. The topological polar surface area (TPSA) is 77.9 Å². The summed E-state index contributed by atoms with van der Waals surface area (Å²) in [7, 11) is -3.27. The highest BCUT2D eigenvalue weighted by molar-refractivity contribution is 7.86. The summed E-state index contributed by atoms with van der Waals surface area (Å²) in [6.07, 6.45) is 4.31. The van der Waals surface area contributed by atoms with Crippen molar-refractivity contribution in [3.8, 4) is 0 Å². The smallest absolute Gasteiger partial charge is 0.303 e. The van der Waals surface area contributed by atoms with Crippen LogP contribution in [0.3, 0.4) is 0 Å². The zero-order chi connectivity index (χ0) is 13.9. The summed E-state index contributed by atoms with van der Waals surface area (Å²) in [6.45, 7) is 2.34. The number of carbonyl (C=O) groups is 1. The molecule has 0 saturated carbocycles. The Bertz CT molecular complexity index is 409. The predicted octanol–water partition coefficient (Wildman–Crippen LogP) is 0.904. The molecular weight excluding hydrogens is 268 g/mol. The van der Waals surface area contributed by atoms with Crippen molar-refractivity contribution in [2.24, 2.45) is 5.92 Å². The van der Waals surface area contributed by atoms with E-state index in [1.165, 1.54) is 0 Å². The van der Waals surface area contributed by atoms with Gasteiger partial charge in [-0.2, -0.15) is 17.0 Å². The third-order valence-electron chi connectivity index (χ3n) is 4.06. The van der Waals surface area contributed by atoms with Crippen LogP contribution in [0, 0.1) is 5.92 Å². The molecule has 0 unspecified atom stereocenters. The first-order valence-corrected chi connectivity index (χ1v) is 8.37. The van der Waals surface area contributed by atoms with Gasteiger partial charge in [0.25, 0.3) is 10.2 Å². The molecule has 0 spiro atoms. The van der Waals surface area contributed by atoms with Gasteiger partial charge in [-0.1, -0.05) is 0 Å². The van der Waals surface area contributed by atoms with Crippen molar-refractivity contribution >= 4 is 16.2 Å². The van der Waals surface area contributed by atoms with Gasteiger partial charge in [-0.15, -0.1) is 0 Å².